The zero-order valence-corrected chi connectivity index (χ0v) is 12.2. The van der Waals surface area contributed by atoms with Crippen molar-refractivity contribution < 1.29 is 15.0 Å². The smallest absolute Gasteiger partial charge is 0.310 e. The molecule has 5 heteroatoms. The highest BCUT2D eigenvalue weighted by Crippen LogP contribution is 2.33. The van der Waals surface area contributed by atoms with Gasteiger partial charge in [0.1, 0.15) is 0 Å². The van der Waals surface area contributed by atoms with Crippen LogP contribution in [-0.2, 0) is 4.79 Å². The fourth-order valence-corrected chi connectivity index (χ4v) is 3.18. The summed E-state index contributed by atoms with van der Waals surface area (Å²) in [6, 6.07) is 8.34. The molecule has 5 nitrogen and oxygen atoms in total. The normalized spacial score (nSPS) is 27.1. The van der Waals surface area contributed by atoms with Gasteiger partial charge in [0, 0.05) is 17.8 Å². The molecule has 1 aromatic carbocycles. The maximum Gasteiger partial charge on any atom is 0.310 e. The molecule has 3 atom stereocenters. The number of hydrogen-bond donors (Lipinski definition) is 3. The molecule has 21 heavy (non-hydrogen) atoms. The van der Waals surface area contributed by atoms with Crippen LogP contribution in [0.1, 0.15) is 23.7 Å². The second kappa shape index (κ2) is 5.16. The summed E-state index contributed by atoms with van der Waals surface area (Å²) >= 11 is 0. The Balaban J connectivity index is 1.90. The minimum absolute atomic E-state index is 0.0170. The number of aliphatic hydroxyl groups excluding tert-OH is 1. The second-order valence-corrected chi connectivity index (χ2v) is 6.02. The lowest BCUT2D eigenvalue weighted by molar-refractivity contribution is -0.150. The van der Waals surface area contributed by atoms with Crippen LogP contribution < -0.4 is 0 Å². The number of rotatable bonds is 2. The van der Waals surface area contributed by atoms with E-state index < -0.39 is 18.0 Å². The fourth-order valence-electron chi connectivity index (χ4n) is 3.18. The van der Waals surface area contributed by atoms with Gasteiger partial charge in [0.2, 0.25) is 0 Å². The van der Waals surface area contributed by atoms with Crippen molar-refractivity contribution >= 4 is 16.9 Å². The number of aromatic amines is 1. The third kappa shape index (κ3) is 2.54. The van der Waals surface area contributed by atoms with Crippen LogP contribution in [0.4, 0.5) is 0 Å². The van der Waals surface area contributed by atoms with Gasteiger partial charge in [0.15, 0.2) is 0 Å². The standard InChI is InChI=1S/C16H20N2O3/c1-9-3-4-10-6-13(17-12(10)5-9)14-7-15(19)11(16(20)21)8-18(14)2/h3-6,11,14-15,17,19H,7-8H2,1-2H3,(H,20,21). The van der Waals surface area contributed by atoms with Crippen LogP contribution in [0.5, 0.6) is 0 Å². The van der Waals surface area contributed by atoms with Crippen LogP contribution >= 0.6 is 0 Å². The van der Waals surface area contributed by atoms with E-state index in [1.807, 2.05) is 18.9 Å². The number of fused-ring (bicyclic) bond motifs is 1. The molecule has 0 aliphatic carbocycles. The summed E-state index contributed by atoms with van der Waals surface area (Å²) < 4.78 is 0. The summed E-state index contributed by atoms with van der Waals surface area (Å²) in [6.45, 7) is 2.41. The highest BCUT2D eigenvalue weighted by atomic mass is 16.4. The van der Waals surface area contributed by atoms with Crippen molar-refractivity contribution in [1.82, 2.24) is 9.88 Å². The number of carboxylic acids is 1. The van der Waals surface area contributed by atoms with Gasteiger partial charge in [-0.3, -0.25) is 9.69 Å². The largest absolute Gasteiger partial charge is 0.481 e. The first-order valence-corrected chi connectivity index (χ1v) is 7.16. The summed E-state index contributed by atoms with van der Waals surface area (Å²) in [4.78, 5) is 16.5. The molecule has 0 radical (unpaired) electrons. The molecule has 0 saturated carbocycles. The quantitative estimate of drug-likeness (QED) is 0.789. The van der Waals surface area contributed by atoms with E-state index in [0.717, 1.165) is 16.6 Å². The van der Waals surface area contributed by atoms with E-state index >= 15 is 0 Å². The molecule has 0 bridgehead atoms. The Labute approximate surface area is 123 Å². The maximum absolute atomic E-state index is 11.1. The van der Waals surface area contributed by atoms with Crippen LogP contribution in [0, 0.1) is 12.8 Å². The first-order valence-electron chi connectivity index (χ1n) is 7.16. The van der Waals surface area contributed by atoms with Crippen molar-refractivity contribution in [3.05, 3.63) is 35.5 Å². The third-order valence-corrected chi connectivity index (χ3v) is 4.42. The molecule has 3 rings (SSSR count). The number of carboxylic acid groups (broad SMARTS) is 1. The molecule has 1 aromatic heterocycles. The summed E-state index contributed by atoms with van der Waals surface area (Å²) in [5, 5.41) is 20.4. The summed E-state index contributed by atoms with van der Waals surface area (Å²) in [7, 11) is 1.91. The van der Waals surface area contributed by atoms with Gasteiger partial charge >= 0.3 is 5.97 Å². The van der Waals surface area contributed by atoms with Crippen LogP contribution in [0.15, 0.2) is 24.3 Å². The average Bonchev–Trinajstić information content (AvgIpc) is 2.83. The number of aryl methyl sites for hydroxylation is 1. The molecular formula is C16H20N2O3. The Morgan fingerprint density at radius 3 is 2.86 bits per heavy atom. The lowest BCUT2D eigenvalue weighted by Gasteiger charge is -2.38. The highest BCUT2D eigenvalue weighted by molar-refractivity contribution is 5.81. The lowest BCUT2D eigenvalue weighted by Crippen LogP contribution is -2.46. The molecule has 112 valence electrons. The number of nitrogens with zero attached hydrogens (tertiary/aromatic N) is 1. The van der Waals surface area contributed by atoms with Crippen LogP contribution in [0.2, 0.25) is 0 Å². The molecule has 2 aromatic rings. The summed E-state index contributed by atoms with van der Waals surface area (Å²) in [5.41, 5.74) is 3.30. The Hall–Kier alpha value is -1.85. The number of benzene rings is 1. The molecule has 1 aliphatic rings. The van der Waals surface area contributed by atoms with Crippen LogP contribution in [-0.4, -0.2) is 45.8 Å². The van der Waals surface area contributed by atoms with Gasteiger partial charge in [-0.2, -0.15) is 0 Å². The van der Waals surface area contributed by atoms with E-state index in [1.54, 1.807) is 0 Å². The zero-order valence-electron chi connectivity index (χ0n) is 12.2. The van der Waals surface area contributed by atoms with Gasteiger partial charge in [-0.05, 0) is 43.5 Å². The zero-order chi connectivity index (χ0) is 15.1. The van der Waals surface area contributed by atoms with Gasteiger partial charge in [-0.1, -0.05) is 12.1 Å². The first-order chi connectivity index (χ1) is 9.95. The number of aliphatic hydroxyl groups is 1. The van der Waals surface area contributed by atoms with E-state index in [-0.39, 0.29) is 6.04 Å². The lowest BCUT2D eigenvalue weighted by atomic mass is 9.89. The summed E-state index contributed by atoms with van der Waals surface area (Å²) in [6.07, 6.45) is -0.379. The van der Waals surface area contributed by atoms with Crippen molar-refractivity contribution in [2.45, 2.75) is 25.5 Å². The summed E-state index contributed by atoms with van der Waals surface area (Å²) in [5.74, 6) is -1.64. The molecule has 0 spiro atoms. The minimum atomic E-state index is -0.930. The molecule has 1 fully saturated rings. The monoisotopic (exact) mass is 288 g/mol. The number of hydrogen-bond acceptors (Lipinski definition) is 3. The van der Waals surface area contributed by atoms with Crippen molar-refractivity contribution in [2.24, 2.45) is 5.92 Å². The topological polar surface area (TPSA) is 76.6 Å². The number of aliphatic carboxylic acids is 1. The number of piperidine rings is 1. The number of nitrogens with one attached hydrogen (secondary N) is 1. The fraction of sp³-hybridized carbons (Fsp3) is 0.438. The van der Waals surface area contributed by atoms with E-state index in [9.17, 15) is 9.90 Å². The van der Waals surface area contributed by atoms with Gasteiger partial charge in [-0.15, -0.1) is 0 Å². The first kappa shape index (κ1) is 14.1. The van der Waals surface area contributed by atoms with Crippen molar-refractivity contribution in [3.63, 3.8) is 0 Å². The number of carbonyl (C=O) groups is 1. The Morgan fingerprint density at radius 1 is 1.38 bits per heavy atom. The van der Waals surface area contributed by atoms with Gasteiger partial charge < -0.3 is 15.2 Å². The second-order valence-electron chi connectivity index (χ2n) is 6.02. The van der Waals surface area contributed by atoms with Gasteiger partial charge in [0.05, 0.1) is 18.1 Å². The minimum Gasteiger partial charge on any atom is -0.481 e. The molecule has 1 saturated heterocycles. The average molecular weight is 288 g/mol. The van der Waals surface area contributed by atoms with Crippen molar-refractivity contribution in [3.8, 4) is 0 Å². The molecule has 1 aliphatic heterocycles. The third-order valence-electron chi connectivity index (χ3n) is 4.42. The van der Waals surface area contributed by atoms with Crippen molar-refractivity contribution in [2.75, 3.05) is 13.6 Å². The van der Waals surface area contributed by atoms with E-state index in [0.29, 0.717) is 13.0 Å². The highest BCUT2D eigenvalue weighted by Gasteiger charge is 2.38. The Bertz CT molecular complexity index is 679. The van der Waals surface area contributed by atoms with Crippen LogP contribution in [0.25, 0.3) is 10.9 Å². The van der Waals surface area contributed by atoms with Crippen LogP contribution in [0.3, 0.4) is 0 Å². The van der Waals surface area contributed by atoms with E-state index in [4.69, 9.17) is 5.11 Å². The van der Waals surface area contributed by atoms with Crippen molar-refractivity contribution in [1.29, 1.82) is 0 Å². The SMILES string of the molecule is Cc1ccc2cc(C3CC(O)C(C(=O)O)CN3C)[nH]c2c1. The van der Waals surface area contributed by atoms with E-state index in [2.05, 4.69) is 29.2 Å². The maximum atomic E-state index is 11.1. The number of H-pyrrole nitrogens is 1. The molecule has 2 heterocycles. The predicted molar refractivity (Wildman–Crippen MR) is 80.2 cm³/mol. The predicted octanol–water partition coefficient (Wildman–Crippen LogP) is 1.91. The molecular weight excluding hydrogens is 268 g/mol. The van der Waals surface area contributed by atoms with Gasteiger partial charge in [0.25, 0.3) is 0 Å². The van der Waals surface area contributed by atoms with E-state index in [1.165, 1.54) is 5.56 Å². The Kier molecular flexibility index (Phi) is 3.47. The Morgan fingerprint density at radius 2 is 2.14 bits per heavy atom. The van der Waals surface area contributed by atoms with Gasteiger partial charge in [-0.25, -0.2) is 0 Å². The molecule has 0 amide bonds. The molecule has 3 unspecified atom stereocenters. The number of likely N-dealkylation sites (tertiary alicyclic amines) is 1. The number of aromatic nitrogens is 1. The molecule has 3 N–H and O–H groups in total.